The number of nitrogens with zero attached hydrogens (tertiary/aromatic N) is 1. The second-order valence-corrected chi connectivity index (χ2v) is 6.32. The number of hydrogen-bond acceptors (Lipinski definition) is 3. The van der Waals surface area contributed by atoms with Gasteiger partial charge in [0, 0.05) is 12.6 Å². The van der Waals surface area contributed by atoms with Gasteiger partial charge < -0.3 is 11.1 Å². The molecule has 4 N–H and O–H groups in total. The first-order valence-electron chi connectivity index (χ1n) is 7.95. The normalized spacial score (nSPS) is 15.8. The lowest BCUT2D eigenvalue weighted by Gasteiger charge is -2.28. The van der Waals surface area contributed by atoms with Crippen LogP contribution in [0.4, 0.5) is 0 Å². The maximum Gasteiger partial charge on any atom is 0.271 e. The van der Waals surface area contributed by atoms with Gasteiger partial charge >= 0.3 is 0 Å². The molecule has 1 aliphatic carbocycles. The number of aromatic nitrogens is 2. The minimum Gasteiger partial charge on any atom is -0.344 e. The minimum absolute atomic E-state index is 0. The molecule has 1 fully saturated rings. The zero-order valence-electron chi connectivity index (χ0n) is 13.7. The summed E-state index contributed by atoms with van der Waals surface area (Å²) >= 11 is 0. The van der Waals surface area contributed by atoms with Gasteiger partial charge in [0.15, 0.2) is 0 Å². The van der Waals surface area contributed by atoms with Crippen molar-refractivity contribution >= 4 is 18.3 Å². The minimum atomic E-state index is -0.333. The van der Waals surface area contributed by atoms with E-state index in [-0.39, 0.29) is 35.1 Å². The molecular weight excluding hydrogens is 328 g/mol. The molecule has 7 heteroatoms. The van der Waals surface area contributed by atoms with Gasteiger partial charge in [0.2, 0.25) is 0 Å². The lowest BCUT2D eigenvalue weighted by Crippen LogP contribution is -2.51. The van der Waals surface area contributed by atoms with E-state index in [0.29, 0.717) is 12.2 Å². The highest BCUT2D eigenvalue weighted by atomic mass is 35.5. The van der Waals surface area contributed by atoms with Crippen LogP contribution in [0.2, 0.25) is 0 Å². The third-order valence-electron chi connectivity index (χ3n) is 4.59. The van der Waals surface area contributed by atoms with Gasteiger partial charge in [0.25, 0.3) is 11.5 Å². The number of benzene rings is 1. The highest BCUT2D eigenvalue weighted by Crippen LogP contribution is 2.28. The van der Waals surface area contributed by atoms with Gasteiger partial charge in [-0.2, -0.15) is 0 Å². The number of nitrogens with one attached hydrogen (secondary N) is 2. The first-order chi connectivity index (χ1) is 11.0. The highest BCUT2D eigenvalue weighted by Gasteiger charge is 2.34. The fraction of sp³-hybridized carbons (Fsp3) is 0.412. The second kappa shape index (κ2) is 7.23. The Morgan fingerprint density at radius 2 is 1.92 bits per heavy atom. The lowest BCUT2D eigenvalue weighted by molar-refractivity contribution is 0.0897. The van der Waals surface area contributed by atoms with Crippen LogP contribution in [0, 0.1) is 6.92 Å². The van der Waals surface area contributed by atoms with E-state index in [1.54, 1.807) is 0 Å². The largest absolute Gasteiger partial charge is 0.344 e. The monoisotopic (exact) mass is 350 g/mol. The summed E-state index contributed by atoms with van der Waals surface area (Å²) in [7, 11) is 0. The molecule has 1 aromatic carbocycles. The van der Waals surface area contributed by atoms with Crippen molar-refractivity contribution in [3.8, 4) is 5.69 Å². The molecule has 3 rings (SSSR count). The van der Waals surface area contributed by atoms with Crippen molar-refractivity contribution in [1.82, 2.24) is 15.1 Å². The van der Waals surface area contributed by atoms with Gasteiger partial charge in [-0.25, -0.2) is 4.68 Å². The third-order valence-corrected chi connectivity index (χ3v) is 4.59. The Hall–Kier alpha value is -2.05. The Morgan fingerprint density at radius 1 is 1.29 bits per heavy atom. The van der Waals surface area contributed by atoms with Crippen LogP contribution in [0.15, 0.2) is 35.1 Å². The summed E-state index contributed by atoms with van der Waals surface area (Å²) in [6, 6.07) is 8.85. The van der Waals surface area contributed by atoms with E-state index in [9.17, 15) is 9.59 Å². The SMILES string of the molecule is Cc1ccc(-n2[nH]c(C(=O)NC3(CN)CCCC3)cc2=O)cc1.Cl. The summed E-state index contributed by atoms with van der Waals surface area (Å²) < 4.78 is 1.37. The lowest BCUT2D eigenvalue weighted by atomic mass is 9.97. The van der Waals surface area contributed by atoms with Crippen molar-refractivity contribution in [3.05, 3.63) is 51.9 Å². The van der Waals surface area contributed by atoms with Crippen molar-refractivity contribution < 1.29 is 4.79 Å². The molecule has 130 valence electrons. The molecule has 1 amide bonds. The number of halogens is 1. The molecule has 0 saturated heterocycles. The molecule has 1 saturated carbocycles. The Morgan fingerprint density at radius 3 is 2.50 bits per heavy atom. The van der Waals surface area contributed by atoms with E-state index >= 15 is 0 Å². The van der Waals surface area contributed by atoms with Crippen LogP contribution in [0.1, 0.15) is 41.7 Å². The number of rotatable bonds is 4. The maximum absolute atomic E-state index is 12.5. The summed E-state index contributed by atoms with van der Waals surface area (Å²) in [5.74, 6) is -0.277. The van der Waals surface area contributed by atoms with Crippen LogP contribution in [-0.2, 0) is 0 Å². The zero-order chi connectivity index (χ0) is 16.4. The first-order valence-corrected chi connectivity index (χ1v) is 7.95. The quantitative estimate of drug-likeness (QED) is 0.786. The second-order valence-electron chi connectivity index (χ2n) is 6.32. The molecule has 0 aliphatic heterocycles. The molecule has 6 nitrogen and oxygen atoms in total. The van der Waals surface area contributed by atoms with Crippen LogP contribution in [-0.4, -0.2) is 27.8 Å². The number of hydrogen-bond donors (Lipinski definition) is 3. The maximum atomic E-state index is 12.5. The predicted octanol–water partition coefficient (Wildman–Crippen LogP) is 1.90. The van der Waals surface area contributed by atoms with E-state index in [2.05, 4.69) is 10.4 Å². The molecule has 1 aromatic heterocycles. The number of carbonyl (C=O) groups is 1. The molecule has 24 heavy (non-hydrogen) atoms. The van der Waals surface area contributed by atoms with Crippen LogP contribution in [0.5, 0.6) is 0 Å². The fourth-order valence-corrected chi connectivity index (χ4v) is 3.14. The number of nitrogens with two attached hydrogens (primary N) is 1. The topological polar surface area (TPSA) is 92.9 Å². The Kier molecular flexibility index (Phi) is 5.51. The standard InChI is InChI=1S/C17H22N4O2.ClH/c1-12-4-6-13(7-5-12)21-15(22)10-14(20-21)16(23)19-17(11-18)8-2-3-9-17;/h4-7,10,20H,2-3,8-9,11,18H2,1H3,(H,19,23);1H. The van der Waals surface area contributed by atoms with Gasteiger partial charge in [-0.15, -0.1) is 12.4 Å². The Labute approximate surface area is 146 Å². The van der Waals surface area contributed by atoms with E-state index in [1.807, 2.05) is 31.2 Å². The van der Waals surface area contributed by atoms with Crippen molar-refractivity contribution in [3.63, 3.8) is 0 Å². The average molecular weight is 351 g/mol. The number of amides is 1. The molecule has 0 spiro atoms. The Bertz CT molecular complexity index is 758. The average Bonchev–Trinajstić information content (AvgIpc) is 3.16. The number of H-pyrrole nitrogens is 1. The smallest absolute Gasteiger partial charge is 0.271 e. The van der Waals surface area contributed by atoms with Crippen LogP contribution in [0.3, 0.4) is 0 Å². The molecule has 2 aromatic rings. The molecule has 1 aliphatic rings. The van der Waals surface area contributed by atoms with E-state index in [4.69, 9.17) is 5.73 Å². The van der Waals surface area contributed by atoms with Crippen molar-refractivity contribution in [2.24, 2.45) is 5.73 Å². The summed E-state index contributed by atoms with van der Waals surface area (Å²) in [5, 5.41) is 5.90. The van der Waals surface area contributed by atoms with Gasteiger partial charge in [0.05, 0.1) is 11.2 Å². The van der Waals surface area contributed by atoms with Crippen molar-refractivity contribution in [2.75, 3.05) is 6.54 Å². The first kappa shape index (κ1) is 18.3. The number of carbonyl (C=O) groups excluding carboxylic acids is 1. The molecule has 0 bridgehead atoms. The van der Waals surface area contributed by atoms with E-state index < -0.39 is 0 Å². The predicted molar refractivity (Wildman–Crippen MR) is 96.1 cm³/mol. The molecule has 0 atom stereocenters. The van der Waals surface area contributed by atoms with Crippen molar-refractivity contribution in [1.29, 1.82) is 0 Å². The summed E-state index contributed by atoms with van der Waals surface area (Å²) in [5.41, 5.74) is 7.32. The van der Waals surface area contributed by atoms with E-state index in [0.717, 1.165) is 31.2 Å². The highest BCUT2D eigenvalue weighted by molar-refractivity contribution is 5.92. The molecule has 0 unspecified atom stereocenters. The Balaban J connectivity index is 0.00000208. The van der Waals surface area contributed by atoms with Crippen LogP contribution in [0.25, 0.3) is 5.69 Å². The molecular formula is C17H23ClN4O2. The van der Waals surface area contributed by atoms with Crippen molar-refractivity contribution in [2.45, 2.75) is 38.1 Å². The zero-order valence-corrected chi connectivity index (χ0v) is 14.5. The van der Waals surface area contributed by atoms with Gasteiger partial charge in [-0.05, 0) is 31.9 Å². The van der Waals surface area contributed by atoms with Gasteiger partial charge in [0.1, 0.15) is 5.69 Å². The fourth-order valence-electron chi connectivity index (χ4n) is 3.14. The third kappa shape index (κ3) is 3.55. The molecule has 1 heterocycles. The van der Waals surface area contributed by atoms with Gasteiger partial charge in [-0.3, -0.25) is 14.7 Å². The van der Waals surface area contributed by atoms with Crippen LogP contribution >= 0.6 is 12.4 Å². The number of aryl methyl sites for hydroxylation is 1. The number of aromatic amines is 1. The van der Waals surface area contributed by atoms with Crippen LogP contribution < -0.4 is 16.6 Å². The van der Waals surface area contributed by atoms with E-state index in [1.165, 1.54) is 10.7 Å². The summed E-state index contributed by atoms with van der Waals surface area (Å²) in [6.45, 7) is 2.40. The summed E-state index contributed by atoms with van der Waals surface area (Å²) in [4.78, 5) is 24.6. The molecule has 0 radical (unpaired) electrons. The van der Waals surface area contributed by atoms with Gasteiger partial charge in [-0.1, -0.05) is 30.5 Å². The summed E-state index contributed by atoms with van der Waals surface area (Å²) in [6.07, 6.45) is 3.91.